The molecule has 186 valence electrons. The Morgan fingerprint density at radius 3 is 2.56 bits per heavy atom. The first-order valence-electron chi connectivity index (χ1n) is 12.2. The van der Waals surface area contributed by atoms with E-state index in [1.54, 1.807) is 30.3 Å². The topological polar surface area (TPSA) is 72.9 Å². The third-order valence-electron chi connectivity index (χ3n) is 6.61. The Morgan fingerprint density at radius 1 is 1.24 bits per heavy atom. The molecule has 0 unspecified atom stereocenters. The molecular formula is C27H39N3O3S. The maximum atomic E-state index is 13.2. The Kier molecular flexibility index (Phi) is 8.44. The minimum atomic E-state index is -3.59. The molecule has 1 fully saturated rings. The highest BCUT2D eigenvalue weighted by atomic mass is 32.2. The van der Waals surface area contributed by atoms with Gasteiger partial charge in [-0.25, -0.2) is 8.42 Å². The first-order valence-corrected chi connectivity index (χ1v) is 13.6. The van der Waals surface area contributed by atoms with E-state index in [-0.39, 0.29) is 17.3 Å². The molecule has 1 saturated heterocycles. The highest BCUT2D eigenvalue weighted by Gasteiger charge is 2.36. The molecule has 1 aliphatic rings. The Bertz CT molecular complexity index is 1090. The van der Waals surface area contributed by atoms with Crippen molar-refractivity contribution in [2.45, 2.75) is 70.0 Å². The maximum Gasteiger partial charge on any atom is 0.243 e. The van der Waals surface area contributed by atoms with Gasteiger partial charge in [0.05, 0.1) is 16.1 Å². The summed E-state index contributed by atoms with van der Waals surface area (Å²) in [4.78, 5) is 2.57. The summed E-state index contributed by atoms with van der Waals surface area (Å²) in [5.74, 6) is 0.226. The van der Waals surface area contributed by atoms with Gasteiger partial charge in [0.15, 0.2) is 0 Å². The largest absolute Gasteiger partial charge is 0.506 e. The molecule has 0 saturated carbocycles. The minimum Gasteiger partial charge on any atom is -0.506 e. The third-order valence-corrected chi connectivity index (χ3v) is 8.71. The summed E-state index contributed by atoms with van der Waals surface area (Å²) < 4.78 is 27.9. The molecule has 0 amide bonds. The Balaban J connectivity index is 1.83. The molecule has 0 spiro atoms. The summed E-state index contributed by atoms with van der Waals surface area (Å²) in [5, 5.41) is 14.6. The van der Waals surface area contributed by atoms with Gasteiger partial charge < -0.3 is 15.3 Å². The van der Waals surface area contributed by atoms with Crippen molar-refractivity contribution in [3.8, 4) is 5.75 Å². The van der Waals surface area contributed by atoms with Crippen LogP contribution < -0.4 is 10.2 Å². The number of hydrogen-bond donors (Lipinski definition) is 2. The van der Waals surface area contributed by atoms with Crippen molar-refractivity contribution in [2.24, 2.45) is 0 Å². The monoisotopic (exact) mass is 485 g/mol. The van der Waals surface area contributed by atoms with Gasteiger partial charge in [-0.1, -0.05) is 50.3 Å². The standard InChI is InChI=1S/C27H39N3O3S/c1-6-8-16-27(5)20-28-21(3)19-29(27)25-15-14-23(18-26(25)31)17-22(4)30(7-2)34(32,33)24-12-10-9-11-13-24/h8-16,18,21-22,28,31H,6-7,17,19-20H2,1-5H3/b16-8+/t21-,22-,27+/m1/s1. The third kappa shape index (κ3) is 5.65. The van der Waals surface area contributed by atoms with Crippen molar-refractivity contribution in [1.29, 1.82) is 0 Å². The predicted octanol–water partition coefficient (Wildman–Crippen LogP) is 4.56. The fourth-order valence-electron chi connectivity index (χ4n) is 4.73. The number of likely N-dealkylation sites (N-methyl/N-ethyl adjacent to an activating group) is 1. The number of sulfonamides is 1. The lowest BCUT2D eigenvalue weighted by atomic mass is 9.93. The molecular weight excluding hydrogens is 446 g/mol. The lowest BCUT2D eigenvalue weighted by molar-refractivity contribution is 0.347. The summed E-state index contributed by atoms with van der Waals surface area (Å²) in [6.45, 7) is 12.2. The summed E-state index contributed by atoms with van der Waals surface area (Å²) >= 11 is 0. The molecule has 7 heteroatoms. The van der Waals surface area contributed by atoms with Crippen LogP contribution in [0, 0.1) is 0 Å². The van der Waals surface area contributed by atoms with E-state index in [0.29, 0.717) is 23.9 Å². The quantitative estimate of drug-likeness (QED) is 0.510. The van der Waals surface area contributed by atoms with Crippen LogP contribution in [-0.2, 0) is 16.4 Å². The van der Waals surface area contributed by atoms with E-state index in [1.807, 2.05) is 32.0 Å². The Labute approximate surface area is 205 Å². The van der Waals surface area contributed by atoms with Gasteiger partial charge in [0.25, 0.3) is 0 Å². The molecule has 6 nitrogen and oxygen atoms in total. The van der Waals surface area contributed by atoms with E-state index < -0.39 is 10.0 Å². The first kappa shape index (κ1) is 26.3. The summed E-state index contributed by atoms with van der Waals surface area (Å²) in [7, 11) is -3.59. The normalized spacial score (nSPS) is 22.4. The highest BCUT2D eigenvalue weighted by Crippen LogP contribution is 2.36. The van der Waals surface area contributed by atoms with Crippen molar-refractivity contribution in [1.82, 2.24) is 9.62 Å². The lowest BCUT2D eigenvalue weighted by Crippen LogP contribution is -2.62. The number of nitrogens with one attached hydrogen (secondary N) is 1. The Hall–Kier alpha value is -2.35. The van der Waals surface area contributed by atoms with Crippen LogP contribution in [0.5, 0.6) is 5.75 Å². The van der Waals surface area contributed by atoms with E-state index in [2.05, 4.69) is 43.1 Å². The molecule has 3 atom stereocenters. The van der Waals surface area contributed by atoms with Crippen molar-refractivity contribution in [3.63, 3.8) is 0 Å². The molecule has 34 heavy (non-hydrogen) atoms. The Morgan fingerprint density at radius 2 is 1.94 bits per heavy atom. The van der Waals surface area contributed by atoms with Crippen molar-refractivity contribution >= 4 is 15.7 Å². The van der Waals surface area contributed by atoms with Crippen LogP contribution in [0.4, 0.5) is 5.69 Å². The van der Waals surface area contributed by atoms with Crippen molar-refractivity contribution < 1.29 is 13.5 Å². The minimum absolute atomic E-state index is 0.226. The summed E-state index contributed by atoms with van der Waals surface area (Å²) in [6.07, 6.45) is 5.86. The van der Waals surface area contributed by atoms with Gasteiger partial charge in [-0.2, -0.15) is 4.31 Å². The zero-order valence-corrected chi connectivity index (χ0v) is 21.8. The molecule has 2 N–H and O–H groups in total. The van der Waals surface area contributed by atoms with Gasteiger partial charge in [0.2, 0.25) is 10.0 Å². The fraction of sp³-hybridized carbons (Fsp3) is 0.481. The van der Waals surface area contributed by atoms with Gasteiger partial charge in [-0.3, -0.25) is 0 Å². The van der Waals surface area contributed by atoms with E-state index in [0.717, 1.165) is 30.8 Å². The zero-order chi connectivity index (χ0) is 24.9. The molecule has 1 heterocycles. The lowest BCUT2D eigenvalue weighted by Gasteiger charge is -2.47. The molecule has 0 aliphatic carbocycles. The molecule has 0 bridgehead atoms. The smallest absolute Gasteiger partial charge is 0.243 e. The number of phenols is 1. The number of anilines is 1. The average molecular weight is 486 g/mol. The highest BCUT2D eigenvalue weighted by molar-refractivity contribution is 7.89. The summed E-state index contributed by atoms with van der Waals surface area (Å²) in [6, 6.07) is 14.4. The zero-order valence-electron chi connectivity index (χ0n) is 21.0. The second kappa shape index (κ2) is 10.9. The predicted molar refractivity (Wildman–Crippen MR) is 140 cm³/mol. The molecule has 0 aromatic heterocycles. The van der Waals surface area contributed by atoms with Gasteiger partial charge in [-0.05, 0) is 63.4 Å². The van der Waals surface area contributed by atoms with E-state index in [9.17, 15) is 13.5 Å². The van der Waals surface area contributed by atoms with Crippen LogP contribution in [0.3, 0.4) is 0 Å². The second-order valence-corrected chi connectivity index (χ2v) is 11.3. The number of rotatable bonds is 9. The number of allylic oxidation sites excluding steroid dienone is 1. The number of nitrogens with zero attached hydrogens (tertiary/aromatic N) is 2. The first-order chi connectivity index (χ1) is 16.1. The number of phenolic OH excluding ortho intramolecular Hbond substituents is 1. The molecule has 1 aliphatic heterocycles. The second-order valence-electron chi connectivity index (χ2n) is 9.46. The molecule has 2 aromatic rings. The molecule has 2 aromatic carbocycles. The fourth-order valence-corrected chi connectivity index (χ4v) is 6.39. The average Bonchev–Trinajstić information content (AvgIpc) is 2.81. The number of aromatic hydroxyl groups is 1. The van der Waals surface area contributed by atoms with Crippen molar-refractivity contribution in [2.75, 3.05) is 24.5 Å². The summed E-state index contributed by atoms with van der Waals surface area (Å²) in [5.41, 5.74) is 1.47. The van der Waals surface area contributed by atoms with Gasteiger partial charge in [0, 0.05) is 31.7 Å². The van der Waals surface area contributed by atoms with E-state index in [1.165, 1.54) is 4.31 Å². The SMILES string of the molecule is CC/C=C/[C@@]1(C)CN[C@H](C)CN1c1ccc(C[C@@H](C)N(CC)S(=O)(=O)c2ccccc2)cc1O. The van der Waals surface area contributed by atoms with Gasteiger partial charge in [-0.15, -0.1) is 0 Å². The van der Waals surface area contributed by atoms with Gasteiger partial charge >= 0.3 is 0 Å². The number of hydrogen-bond acceptors (Lipinski definition) is 5. The van der Waals surface area contributed by atoms with Crippen molar-refractivity contribution in [3.05, 3.63) is 66.2 Å². The van der Waals surface area contributed by atoms with Crippen LogP contribution in [0.15, 0.2) is 65.6 Å². The van der Waals surface area contributed by atoms with E-state index >= 15 is 0 Å². The number of benzene rings is 2. The van der Waals surface area contributed by atoms with Crippen LogP contribution in [-0.4, -0.2) is 55.1 Å². The molecule has 0 radical (unpaired) electrons. The van der Waals surface area contributed by atoms with Crippen LogP contribution in [0.1, 0.15) is 46.6 Å². The van der Waals surface area contributed by atoms with Crippen LogP contribution in [0.2, 0.25) is 0 Å². The van der Waals surface area contributed by atoms with E-state index in [4.69, 9.17) is 0 Å². The molecule has 3 rings (SSSR count). The maximum absolute atomic E-state index is 13.2. The van der Waals surface area contributed by atoms with Gasteiger partial charge in [0.1, 0.15) is 5.75 Å². The van der Waals surface area contributed by atoms with Crippen LogP contribution in [0.25, 0.3) is 0 Å². The van der Waals surface area contributed by atoms with Crippen LogP contribution >= 0.6 is 0 Å². The number of piperazine rings is 1.